The topological polar surface area (TPSA) is 112 Å². The van der Waals surface area contributed by atoms with Crippen molar-refractivity contribution in [3.8, 4) is 0 Å². The molecule has 1 N–H and O–H groups in total. The minimum Gasteiger partial charge on any atom is -0.465 e. The number of pyridine rings is 1. The van der Waals surface area contributed by atoms with E-state index in [2.05, 4.69) is 20.3 Å². The third-order valence-electron chi connectivity index (χ3n) is 3.44. The fourth-order valence-corrected chi connectivity index (χ4v) is 2.26. The summed E-state index contributed by atoms with van der Waals surface area (Å²) in [5, 5.41) is 22.0. The van der Waals surface area contributed by atoms with Crippen LogP contribution in [0.25, 0.3) is 5.65 Å². The first-order valence-corrected chi connectivity index (χ1v) is 6.99. The number of benzene rings is 1. The molecular formula is C15H13N5O4. The molecular weight excluding hydrogens is 314 g/mol. The lowest BCUT2D eigenvalue weighted by Crippen LogP contribution is -2.10. The number of hydrogen-bond donors (Lipinski definition) is 1. The first kappa shape index (κ1) is 15.4. The molecule has 9 heteroatoms. The fraction of sp³-hybridized carbons (Fsp3) is 0.133. The van der Waals surface area contributed by atoms with Crippen LogP contribution < -0.4 is 5.32 Å². The van der Waals surface area contributed by atoms with Crippen LogP contribution in [0.5, 0.6) is 0 Å². The molecule has 0 aliphatic heterocycles. The molecule has 9 nitrogen and oxygen atoms in total. The maximum Gasteiger partial charge on any atom is 0.340 e. The zero-order valence-corrected chi connectivity index (χ0v) is 12.7. The van der Waals surface area contributed by atoms with Crippen LogP contribution in [0.15, 0.2) is 42.6 Å². The number of carbonyl (C=O) groups is 1. The number of methoxy groups -OCH3 is 1. The molecule has 0 aliphatic rings. The van der Waals surface area contributed by atoms with E-state index >= 15 is 0 Å². The van der Waals surface area contributed by atoms with Crippen LogP contribution in [0.3, 0.4) is 0 Å². The Labute approximate surface area is 136 Å². The van der Waals surface area contributed by atoms with Crippen molar-refractivity contribution < 1.29 is 14.5 Å². The number of hydrogen-bond acceptors (Lipinski definition) is 7. The molecule has 0 fully saturated rings. The number of rotatable bonds is 5. The van der Waals surface area contributed by atoms with Crippen molar-refractivity contribution in [2.75, 3.05) is 12.4 Å². The molecule has 0 atom stereocenters. The lowest BCUT2D eigenvalue weighted by Gasteiger charge is -2.10. The Morgan fingerprint density at radius 1 is 1.33 bits per heavy atom. The number of nitrogens with zero attached hydrogens (tertiary/aromatic N) is 4. The van der Waals surface area contributed by atoms with E-state index in [1.54, 1.807) is 4.40 Å². The van der Waals surface area contributed by atoms with Crippen molar-refractivity contribution in [2.24, 2.45) is 0 Å². The number of nitro benzene ring substituents is 1. The molecule has 122 valence electrons. The maximum absolute atomic E-state index is 11.9. The van der Waals surface area contributed by atoms with Crippen LogP contribution in [0, 0.1) is 10.1 Å². The van der Waals surface area contributed by atoms with Gasteiger partial charge in [-0.05, 0) is 18.2 Å². The standard InChI is InChI=1S/C15H13N5O4/c1-24-15(21)11-8-10(20(22)23)5-6-12(11)16-9-14-18-17-13-4-2-3-7-19(13)14/h2-8,16H,9H2,1H3. The second-order valence-electron chi connectivity index (χ2n) is 4.88. The van der Waals surface area contributed by atoms with E-state index in [1.165, 1.54) is 25.3 Å². The van der Waals surface area contributed by atoms with E-state index in [0.717, 1.165) is 0 Å². The minimum absolute atomic E-state index is 0.0838. The van der Waals surface area contributed by atoms with E-state index in [0.29, 0.717) is 17.2 Å². The molecule has 0 bridgehead atoms. The summed E-state index contributed by atoms with van der Waals surface area (Å²) in [6, 6.07) is 9.49. The van der Waals surface area contributed by atoms with Gasteiger partial charge in [-0.1, -0.05) is 6.07 Å². The molecule has 0 spiro atoms. The molecule has 24 heavy (non-hydrogen) atoms. The SMILES string of the molecule is COC(=O)c1cc([N+](=O)[O-])ccc1NCc1nnc2ccccn12. The molecule has 3 rings (SSSR count). The highest BCUT2D eigenvalue weighted by Crippen LogP contribution is 2.23. The number of nitrogens with one attached hydrogen (secondary N) is 1. The summed E-state index contributed by atoms with van der Waals surface area (Å²) in [4.78, 5) is 22.2. The van der Waals surface area contributed by atoms with Gasteiger partial charge in [0.05, 0.1) is 24.1 Å². The van der Waals surface area contributed by atoms with Crippen LogP contribution in [0.4, 0.5) is 11.4 Å². The minimum atomic E-state index is -0.660. The van der Waals surface area contributed by atoms with E-state index in [4.69, 9.17) is 0 Å². The summed E-state index contributed by atoms with van der Waals surface area (Å²) in [6.07, 6.45) is 1.82. The Morgan fingerprint density at radius 3 is 2.92 bits per heavy atom. The van der Waals surface area contributed by atoms with Gasteiger partial charge >= 0.3 is 5.97 Å². The van der Waals surface area contributed by atoms with Gasteiger partial charge in [-0.2, -0.15) is 0 Å². The van der Waals surface area contributed by atoms with E-state index in [9.17, 15) is 14.9 Å². The number of nitro groups is 1. The number of non-ortho nitro benzene ring substituents is 1. The van der Waals surface area contributed by atoms with E-state index < -0.39 is 10.9 Å². The largest absolute Gasteiger partial charge is 0.465 e. The van der Waals surface area contributed by atoms with Gasteiger partial charge in [0, 0.05) is 24.0 Å². The summed E-state index contributed by atoms with van der Waals surface area (Å²) < 4.78 is 6.49. The highest BCUT2D eigenvalue weighted by atomic mass is 16.6. The van der Waals surface area contributed by atoms with E-state index in [-0.39, 0.29) is 17.8 Å². The van der Waals surface area contributed by atoms with Gasteiger partial charge in [0.15, 0.2) is 11.5 Å². The molecule has 3 aromatic rings. The molecule has 0 radical (unpaired) electrons. The van der Waals surface area contributed by atoms with Crippen molar-refractivity contribution in [1.82, 2.24) is 14.6 Å². The molecule has 1 aromatic carbocycles. The summed E-state index contributed by atoms with van der Waals surface area (Å²) in [5.74, 6) is -0.0212. The Hall–Kier alpha value is -3.49. The van der Waals surface area contributed by atoms with Gasteiger partial charge in [0.25, 0.3) is 5.69 Å². The molecule has 2 heterocycles. The van der Waals surface area contributed by atoms with Crippen LogP contribution in [0.2, 0.25) is 0 Å². The van der Waals surface area contributed by atoms with Gasteiger partial charge in [0.1, 0.15) is 0 Å². The van der Waals surface area contributed by atoms with Crippen molar-refractivity contribution >= 4 is 23.0 Å². The lowest BCUT2D eigenvalue weighted by molar-refractivity contribution is -0.384. The van der Waals surface area contributed by atoms with Gasteiger partial charge in [-0.3, -0.25) is 14.5 Å². The van der Waals surface area contributed by atoms with Crippen molar-refractivity contribution in [3.63, 3.8) is 0 Å². The fourth-order valence-electron chi connectivity index (χ4n) is 2.26. The first-order valence-electron chi connectivity index (χ1n) is 6.99. The molecule has 0 unspecified atom stereocenters. The van der Waals surface area contributed by atoms with Gasteiger partial charge in [-0.15, -0.1) is 10.2 Å². The van der Waals surface area contributed by atoms with Gasteiger partial charge in [0.2, 0.25) is 0 Å². The predicted octanol–water partition coefficient (Wildman–Crippen LogP) is 2.04. The summed E-state index contributed by atoms with van der Waals surface area (Å²) in [6.45, 7) is 0.285. The molecule has 0 aliphatic carbocycles. The van der Waals surface area contributed by atoms with Crippen LogP contribution >= 0.6 is 0 Å². The predicted molar refractivity (Wildman–Crippen MR) is 84.7 cm³/mol. The monoisotopic (exact) mass is 327 g/mol. The van der Waals surface area contributed by atoms with Crippen LogP contribution in [0.1, 0.15) is 16.2 Å². The van der Waals surface area contributed by atoms with Crippen LogP contribution in [-0.4, -0.2) is 32.6 Å². The summed E-state index contributed by atoms with van der Waals surface area (Å²) >= 11 is 0. The quantitative estimate of drug-likeness (QED) is 0.433. The highest BCUT2D eigenvalue weighted by molar-refractivity contribution is 5.96. The lowest BCUT2D eigenvalue weighted by atomic mass is 10.1. The highest BCUT2D eigenvalue weighted by Gasteiger charge is 2.17. The number of aromatic nitrogens is 3. The zero-order valence-electron chi connectivity index (χ0n) is 12.7. The summed E-state index contributed by atoms with van der Waals surface area (Å²) in [7, 11) is 1.22. The van der Waals surface area contributed by atoms with Crippen molar-refractivity contribution in [1.29, 1.82) is 0 Å². The van der Waals surface area contributed by atoms with E-state index in [1.807, 2.05) is 24.4 Å². The number of carbonyl (C=O) groups excluding carboxylic acids is 1. The van der Waals surface area contributed by atoms with Gasteiger partial charge < -0.3 is 10.1 Å². The normalized spacial score (nSPS) is 10.5. The summed E-state index contributed by atoms with van der Waals surface area (Å²) in [5.41, 5.74) is 1.01. The Bertz CT molecular complexity index is 921. The number of esters is 1. The smallest absolute Gasteiger partial charge is 0.340 e. The Kier molecular flexibility index (Phi) is 4.06. The number of anilines is 1. The first-order chi connectivity index (χ1) is 11.6. The molecule has 0 amide bonds. The van der Waals surface area contributed by atoms with Crippen molar-refractivity contribution in [3.05, 3.63) is 64.1 Å². The number of ether oxygens (including phenoxy) is 1. The number of fused-ring (bicyclic) bond motifs is 1. The third kappa shape index (κ3) is 2.86. The van der Waals surface area contributed by atoms with Crippen molar-refractivity contribution in [2.45, 2.75) is 6.54 Å². The molecule has 0 saturated heterocycles. The average Bonchev–Trinajstić information content (AvgIpc) is 3.02. The maximum atomic E-state index is 11.9. The third-order valence-corrected chi connectivity index (χ3v) is 3.44. The molecule has 2 aromatic heterocycles. The van der Waals surface area contributed by atoms with Gasteiger partial charge in [-0.25, -0.2) is 4.79 Å². The van der Waals surface area contributed by atoms with Crippen LogP contribution in [-0.2, 0) is 11.3 Å². The Morgan fingerprint density at radius 2 is 2.17 bits per heavy atom. The zero-order chi connectivity index (χ0) is 17.1. The molecule has 0 saturated carbocycles. The average molecular weight is 327 g/mol. The Balaban J connectivity index is 1.89. The second kappa shape index (κ2) is 6.32. The second-order valence-corrected chi connectivity index (χ2v) is 4.88.